The van der Waals surface area contributed by atoms with E-state index in [1.165, 1.54) is 5.56 Å². The molecule has 0 aliphatic rings. The van der Waals surface area contributed by atoms with Crippen LogP contribution >= 0.6 is 0 Å². The van der Waals surface area contributed by atoms with Crippen molar-refractivity contribution < 1.29 is 14.3 Å². The van der Waals surface area contributed by atoms with Crippen LogP contribution in [0.15, 0.2) is 40.8 Å². The number of nitrogens with zero attached hydrogens (tertiary/aromatic N) is 1. The SMILES string of the molecule is Cc1ccc(N(CCC(=O)O)Cc2ccc(C)o2)cc1. The molecule has 0 amide bonds. The van der Waals surface area contributed by atoms with E-state index >= 15 is 0 Å². The minimum absolute atomic E-state index is 0.105. The number of carboxylic acid groups (broad SMARTS) is 1. The topological polar surface area (TPSA) is 53.7 Å². The van der Waals surface area contributed by atoms with Crippen LogP contribution in [-0.2, 0) is 11.3 Å². The van der Waals surface area contributed by atoms with E-state index in [0.29, 0.717) is 13.1 Å². The second-order valence-corrected chi connectivity index (χ2v) is 4.91. The first-order chi connectivity index (χ1) is 9.54. The highest BCUT2D eigenvalue weighted by Crippen LogP contribution is 2.19. The third-order valence-electron chi connectivity index (χ3n) is 3.14. The van der Waals surface area contributed by atoms with E-state index in [2.05, 4.69) is 0 Å². The van der Waals surface area contributed by atoms with Gasteiger partial charge in [0.15, 0.2) is 0 Å². The second kappa shape index (κ2) is 6.28. The predicted molar refractivity (Wildman–Crippen MR) is 77.9 cm³/mol. The van der Waals surface area contributed by atoms with E-state index in [1.54, 1.807) is 0 Å². The summed E-state index contributed by atoms with van der Waals surface area (Å²) in [7, 11) is 0. The van der Waals surface area contributed by atoms with Gasteiger partial charge in [0.05, 0.1) is 13.0 Å². The van der Waals surface area contributed by atoms with Crippen LogP contribution in [0.4, 0.5) is 5.69 Å². The first kappa shape index (κ1) is 14.2. The summed E-state index contributed by atoms with van der Waals surface area (Å²) in [6.45, 7) is 4.96. The van der Waals surface area contributed by atoms with Gasteiger partial charge < -0.3 is 14.4 Å². The number of hydrogen-bond acceptors (Lipinski definition) is 3. The zero-order chi connectivity index (χ0) is 14.5. The molecule has 0 radical (unpaired) electrons. The summed E-state index contributed by atoms with van der Waals surface area (Å²) in [6.07, 6.45) is 0.105. The maximum atomic E-state index is 10.8. The lowest BCUT2D eigenvalue weighted by atomic mass is 10.2. The maximum Gasteiger partial charge on any atom is 0.305 e. The molecule has 1 aromatic heterocycles. The summed E-state index contributed by atoms with van der Waals surface area (Å²) in [4.78, 5) is 12.8. The monoisotopic (exact) mass is 273 g/mol. The summed E-state index contributed by atoms with van der Waals surface area (Å²) in [6, 6.07) is 11.9. The van der Waals surface area contributed by atoms with E-state index < -0.39 is 5.97 Å². The molecule has 0 fully saturated rings. The third-order valence-corrected chi connectivity index (χ3v) is 3.14. The van der Waals surface area contributed by atoms with E-state index in [0.717, 1.165) is 17.2 Å². The number of carboxylic acids is 1. The molecule has 1 N–H and O–H groups in total. The largest absolute Gasteiger partial charge is 0.481 e. The summed E-state index contributed by atoms with van der Waals surface area (Å²) < 4.78 is 5.58. The number of rotatable bonds is 6. The third kappa shape index (κ3) is 3.88. The summed E-state index contributed by atoms with van der Waals surface area (Å²) in [5.41, 5.74) is 2.19. The van der Waals surface area contributed by atoms with Gasteiger partial charge in [-0.15, -0.1) is 0 Å². The Morgan fingerprint density at radius 3 is 2.40 bits per heavy atom. The standard InChI is InChI=1S/C16H19NO3/c1-12-3-6-14(7-4-12)17(10-9-16(18)19)11-15-8-5-13(2)20-15/h3-8H,9-11H2,1-2H3,(H,18,19). The molecule has 0 aliphatic heterocycles. The quantitative estimate of drug-likeness (QED) is 0.876. The maximum absolute atomic E-state index is 10.8. The van der Waals surface area contributed by atoms with Gasteiger partial charge in [0.2, 0.25) is 0 Å². The Balaban J connectivity index is 2.15. The minimum atomic E-state index is -0.794. The Labute approximate surface area is 118 Å². The van der Waals surface area contributed by atoms with Crippen molar-refractivity contribution in [2.45, 2.75) is 26.8 Å². The zero-order valence-electron chi connectivity index (χ0n) is 11.8. The number of aliphatic carboxylic acids is 1. The van der Waals surface area contributed by atoms with Crippen LogP contribution in [0.2, 0.25) is 0 Å². The molecule has 2 aromatic rings. The fourth-order valence-corrected chi connectivity index (χ4v) is 2.04. The van der Waals surface area contributed by atoms with Gasteiger partial charge in [-0.05, 0) is 38.1 Å². The fraction of sp³-hybridized carbons (Fsp3) is 0.312. The van der Waals surface area contributed by atoms with Crippen molar-refractivity contribution in [1.82, 2.24) is 0 Å². The number of furan rings is 1. The number of carbonyl (C=O) groups is 1. The molecule has 0 saturated carbocycles. The lowest BCUT2D eigenvalue weighted by molar-refractivity contribution is -0.136. The number of aryl methyl sites for hydroxylation is 2. The van der Waals surface area contributed by atoms with E-state index in [9.17, 15) is 4.79 Å². The Kier molecular flexibility index (Phi) is 4.45. The molecule has 2 rings (SSSR count). The van der Waals surface area contributed by atoms with Gasteiger partial charge in [-0.1, -0.05) is 17.7 Å². The van der Waals surface area contributed by atoms with Crippen LogP contribution in [-0.4, -0.2) is 17.6 Å². The van der Waals surface area contributed by atoms with Crippen molar-refractivity contribution in [2.75, 3.05) is 11.4 Å². The highest BCUT2D eigenvalue weighted by Gasteiger charge is 2.11. The fourth-order valence-electron chi connectivity index (χ4n) is 2.04. The zero-order valence-corrected chi connectivity index (χ0v) is 11.8. The van der Waals surface area contributed by atoms with Crippen molar-refractivity contribution in [3.63, 3.8) is 0 Å². The number of benzene rings is 1. The van der Waals surface area contributed by atoms with Crippen LogP contribution in [0.3, 0.4) is 0 Å². The Bertz CT molecular complexity index is 572. The molecule has 106 valence electrons. The van der Waals surface area contributed by atoms with Crippen LogP contribution in [0.25, 0.3) is 0 Å². The summed E-state index contributed by atoms with van der Waals surface area (Å²) >= 11 is 0. The number of hydrogen-bond donors (Lipinski definition) is 1. The molecule has 0 spiro atoms. The molecule has 0 saturated heterocycles. The van der Waals surface area contributed by atoms with Crippen LogP contribution in [0.1, 0.15) is 23.5 Å². The molecule has 0 atom stereocenters. The lowest BCUT2D eigenvalue weighted by Crippen LogP contribution is -2.25. The molecule has 0 aliphatic carbocycles. The first-order valence-corrected chi connectivity index (χ1v) is 6.63. The van der Waals surface area contributed by atoms with Crippen LogP contribution in [0, 0.1) is 13.8 Å². The molecule has 4 heteroatoms. The van der Waals surface area contributed by atoms with Gasteiger partial charge in [-0.25, -0.2) is 0 Å². The summed E-state index contributed by atoms with van der Waals surface area (Å²) in [5.74, 6) is 0.910. The highest BCUT2D eigenvalue weighted by atomic mass is 16.4. The molecule has 4 nitrogen and oxygen atoms in total. The molecular formula is C16H19NO3. The van der Waals surface area contributed by atoms with Crippen molar-refractivity contribution in [3.8, 4) is 0 Å². The molecule has 0 unspecified atom stereocenters. The lowest BCUT2D eigenvalue weighted by Gasteiger charge is -2.23. The second-order valence-electron chi connectivity index (χ2n) is 4.91. The normalized spacial score (nSPS) is 10.5. The van der Waals surface area contributed by atoms with Crippen LogP contribution < -0.4 is 4.90 Å². The predicted octanol–water partition coefficient (Wildman–Crippen LogP) is 3.38. The van der Waals surface area contributed by atoms with E-state index in [4.69, 9.17) is 9.52 Å². The molecule has 1 aromatic carbocycles. The average molecular weight is 273 g/mol. The smallest absolute Gasteiger partial charge is 0.305 e. The van der Waals surface area contributed by atoms with E-state index in [1.807, 2.05) is 55.1 Å². The van der Waals surface area contributed by atoms with Crippen molar-refractivity contribution in [2.24, 2.45) is 0 Å². The van der Waals surface area contributed by atoms with Crippen molar-refractivity contribution in [1.29, 1.82) is 0 Å². The van der Waals surface area contributed by atoms with Gasteiger partial charge in [-0.2, -0.15) is 0 Å². The molecule has 0 bridgehead atoms. The molecular weight excluding hydrogens is 254 g/mol. The van der Waals surface area contributed by atoms with Crippen LogP contribution in [0.5, 0.6) is 0 Å². The van der Waals surface area contributed by atoms with Gasteiger partial charge in [0.25, 0.3) is 0 Å². The minimum Gasteiger partial charge on any atom is -0.481 e. The van der Waals surface area contributed by atoms with Gasteiger partial charge in [0.1, 0.15) is 11.5 Å². The molecule has 1 heterocycles. The Morgan fingerprint density at radius 1 is 1.15 bits per heavy atom. The van der Waals surface area contributed by atoms with Gasteiger partial charge >= 0.3 is 5.97 Å². The van der Waals surface area contributed by atoms with E-state index in [-0.39, 0.29) is 6.42 Å². The van der Waals surface area contributed by atoms with Gasteiger partial charge in [-0.3, -0.25) is 4.79 Å². The average Bonchev–Trinajstić information content (AvgIpc) is 2.81. The highest BCUT2D eigenvalue weighted by molar-refractivity contribution is 5.67. The van der Waals surface area contributed by atoms with Gasteiger partial charge in [0, 0.05) is 12.2 Å². The first-order valence-electron chi connectivity index (χ1n) is 6.63. The van der Waals surface area contributed by atoms with Crippen molar-refractivity contribution >= 4 is 11.7 Å². The Morgan fingerprint density at radius 2 is 1.85 bits per heavy atom. The Hall–Kier alpha value is -2.23. The van der Waals surface area contributed by atoms with Crippen molar-refractivity contribution in [3.05, 3.63) is 53.5 Å². The number of anilines is 1. The summed E-state index contributed by atoms with van der Waals surface area (Å²) in [5, 5.41) is 8.87. The molecule has 20 heavy (non-hydrogen) atoms.